The molecular formula is C34H37N5O7. The Morgan fingerprint density at radius 2 is 1.48 bits per heavy atom. The summed E-state index contributed by atoms with van der Waals surface area (Å²) in [6.45, 7) is 0.256. The van der Waals surface area contributed by atoms with Crippen molar-refractivity contribution in [1.82, 2.24) is 20.5 Å². The van der Waals surface area contributed by atoms with E-state index < -0.39 is 47.9 Å². The zero-order chi connectivity index (χ0) is 32.8. The summed E-state index contributed by atoms with van der Waals surface area (Å²) >= 11 is 0. The van der Waals surface area contributed by atoms with Gasteiger partial charge in [-0.25, -0.2) is 4.79 Å². The van der Waals surface area contributed by atoms with Crippen molar-refractivity contribution in [2.75, 3.05) is 6.54 Å². The van der Waals surface area contributed by atoms with Gasteiger partial charge in [0.15, 0.2) is 0 Å². The number of carbonyl (C=O) groups is 4. The van der Waals surface area contributed by atoms with Crippen LogP contribution in [-0.2, 0) is 38.4 Å². The summed E-state index contributed by atoms with van der Waals surface area (Å²) < 4.78 is 0. The van der Waals surface area contributed by atoms with Crippen molar-refractivity contribution in [3.8, 4) is 11.5 Å². The number of carboxylic acid groups (broad SMARTS) is 1. The minimum absolute atomic E-state index is 0.0137. The number of nitrogens with two attached hydrogens (primary N) is 1. The van der Waals surface area contributed by atoms with Gasteiger partial charge in [-0.15, -0.1) is 0 Å². The number of benzene rings is 3. The summed E-state index contributed by atoms with van der Waals surface area (Å²) in [6, 6.07) is 15.7. The summed E-state index contributed by atoms with van der Waals surface area (Å²) in [4.78, 5) is 57.6. The standard InChI is InChI=1S/C34H37N5O7/c35-26(16-20-7-11-23(40)12-8-20)31(42)37-28(18-22-19-36-27-5-2-1-4-25(22)27)33(44)39-15-3-6-30(39)32(43)38-29(34(45)46)17-21-9-13-24(41)14-10-21/h1-2,4-5,7-14,19,26,28-30,36,40-41H,3,6,15-18,35H2,(H,37,42)(H,38,43)(H,45,46). The second-order valence-electron chi connectivity index (χ2n) is 11.6. The van der Waals surface area contributed by atoms with Gasteiger partial charge in [0.05, 0.1) is 6.04 Å². The van der Waals surface area contributed by atoms with E-state index in [2.05, 4.69) is 15.6 Å². The maximum absolute atomic E-state index is 14.1. The minimum atomic E-state index is -1.26. The van der Waals surface area contributed by atoms with Gasteiger partial charge in [0.2, 0.25) is 17.7 Å². The molecule has 1 fully saturated rings. The summed E-state index contributed by atoms with van der Waals surface area (Å²) in [5, 5.41) is 35.2. The Labute approximate surface area is 265 Å². The smallest absolute Gasteiger partial charge is 0.326 e. The van der Waals surface area contributed by atoms with Gasteiger partial charge >= 0.3 is 5.97 Å². The van der Waals surface area contributed by atoms with Gasteiger partial charge in [0.25, 0.3) is 0 Å². The Morgan fingerprint density at radius 1 is 0.848 bits per heavy atom. The second-order valence-corrected chi connectivity index (χ2v) is 11.6. The third-order valence-corrected chi connectivity index (χ3v) is 8.27. The number of carbonyl (C=O) groups excluding carboxylic acids is 3. The maximum atomic E-state index is 14.1. The number of aromatic nitrogens is 1. The highest BCUT2D eigenvalue weighted by Gasteiger charge is 2.39. The van der Waals surface area contributed by atoms with E-state index in [1.54, 1.807) is 30.5 Å². The van der Waals surface area contributed by atoms with Crippen molar-refractivity contribution < 1.29 is 34.5 Å². The Bertz CT molecular complexity index is 1700. The average Bonchev–Trinajstić information content (AvgIpc) is 3.70. The van der Waals surface area contributed by atoms with E-state index in [1.807, 2.05) is 24.3 Å². The molecule has 12 nitrogen and oxygen atoms in total. The van der Waals surface area contributed by atoms with Crippen LogP contribution in [0.15, 0.2) is 79.0 Å². The number of phenolic OH excluding ortho intramolecular Hbond substituents is 2. The van der Waals surface area contributed by atoms with Crippen LogP contribution in [-0.4, -0.2) is 79.6 Å². The topological polar surface area (TPSA) is 198 Å². The van der Waals surface area contributed by atoms with E-state index in [1.165, 1.54) is 29.2 Å². The fraction of sp³-hybridized carbons (Fsp3) is 0.294. The molecule has 1 saturated heterocycles. The molecule has 46 heavy (non-hydrogen) atoms. The van der Waals surface area contributed by atoms with Gasteiger partial charge in [-0.2, -0.15) is 0 Å². The first kappa shape index (κ1) is 32.0. The zero-order valence-corrected chi connectivity index (χ0v) is 25.1. The molecule has 1 aliphatic heterocycles. The van der Waals surface area contributed by atoms with Crippen LogP contribution < -0.4 is 16.4 Å². The summed E-state index contributed by atoms with van der Waals surface area (Å²) in [7, 11) is 0. The molecule has 1 aromatic heterocycles. The highest BCUT2D eigenvalue weighted by atomic mass is 16.4. The molecule has 0 bridgehead atoms. The number of hydrogen-bond acceptors (Lipinski definition) is 7. The Kier molecular flexibility index (Phi) is 9.87. The van der Waals surface area contributed by atoms with E-state index in [0.717, 1.165) is 22.0 Å². The molecule has 0 radical (unpaired) electrons. The lowest BCUT2D eigenvalue weighted by atomic mass is 10.0. The fourth-order valence-electron chi connectivity index (χ4n) is 5.82. The van der Waals surface area contributed by atoms with Crippen molar-refractivity contribution in [1.29, 1.82) is 0 Å². The number of H-pyrrole nitrogens is 1. The lowest BCUT2D eigenvalue weighted by molar-refractivity contribution is -0.144. The van der Waals surface area contributed by atoms with Crippen molar-refractivity contribution in [3.05, 3.63) is 95.7 Å². The number of carboxylic acids is 1. The molecule has 0 spiro atoms. The van der Waals surface area contributed by atoms with Gasteiger partial charge in [-0.05, 0) is 66.3 Å². The average molecular weight is 628 g/mol. The number of phenols is 2. The quantitative estimate of drug-likeness (QED) is 0.124. The first-order valence-corrected chi connectivity index (χ1v) is 15.1. The van der Waals surface area contributed by atoms with Crippen LogP contribution in [0.2, 0.25) is 0 Å². The molecule has 4 atom stereocenters. The predicted octanol–water partition coefficient (Wildman–Crippen LogP) is 1.98. The van der Waals surface area contributed by atoms with E-state index in [9.17, 15) is 34.5 Å². The lowest BCUT2D eigenvalue weighted by Crippen LogP contribution is -2.57. The van der Waals surface area contributed by atoms with E-state index >= 15 is 0 Å². The molecule has 0 saturated carbocycles. The van der Waals surface area contributed by atoms with Crippen LogP contribution >= 0.6 is 0 Å². The molecule has 12 heteroatoms. The number of fused-ring (bicyclic) bond motifs is 1. The maximum Gasteiger partial charge on any atom is 0.326 e. The molecule has 8 N–H and O–H groups in total. The van der Waals surface area contributed by atoms with E-state index in [4.69, 9.17) is 5.73 Å². The number of rotatable bonds is 12. The fourth-order valence-corrected chi connectivity index (χ4v) is 5.82. The molecule has 1 aliphatic rings. The highest BCUT2D eigenvalue weighted by Crippen LogP contribution is 2.23. The Balaban J connectivity index is 1.33. The van der Waals surface area contributed by atoms with Gasteiger partial charge in [-0.1, -0.05) is 42.5 Å². The minimum Gasteiger partial charge on any atom is -0.508 e. The van der Waals surface area contributed by atoms with Crippen LogP contribution in [0, 0.1) is 0 Å². The second kappa shape index (κ2) is 14.2. The Hall–Kier alpha value is -5.36. The Morgan fingerprint density at radius 3 is 2.13 bits per heavy atom. The molecule has 5 rings (SSSR count). The van der Waals surface area contributed by atoms with E-state index in [0.29, 0.717) is 18.4 Å². The first-order valence-electron chi connectivity index (χ1n) is 15.1. The summed E-state index contributed by atoms with van der Waals surface area (Å²) in [6.07, 6.45) is 2.92. The predicted molar refractivity (Wildman–Crippen MR) is 170 cm³/mol. The van der Waals surface area contributed by atoms with Crippen molar-refractivity contribution in [2.45, 2.75) is 56.3 Å². The van der Waals surface area contributed by atoms with Crippen LogP contribution in [0.5, 0.6) is 11.5 Å². The molecule has 4 aromatic rings. The van der Waals surface area contributed by atoms with Gasteiger partial charge in [0.1, 0.15) is 29.6 Å². The number of aromatic amines is 1. The largest absolute Gasteiger partial charge is 0.508 e. The molecule has 3 aromatic carbocycles. The van der Waals surface area contributed by atoms with Crippen molar-refractivity contribution in [2.24, 2.45) is 5.73 Å². The highest BCUT2D eigenvalue weighted by molar-refractivity contribution is 5.95. The number of hydrogen-bond donors (Lipinski definition) is 7. The normalized spacial score (nSPS) is 16.5. The molecule has 4 unspecified atom stereocenters. The van der Waals surface area contributed by atoms with Gasteiger partial charge in [0, 0.05) is 36.5 Å². The molecule has 240 valence electrons. The number of likely N-dealkylation sites (tertiary alicyclic amines) is 1. The number of para-hydroxylation sites is 1. The van der Waals surface area contributed by atoms with Crippen molar-refractivity contribution in [3.63, 3.8) is 0 Å². The number of aliphatic carboxylic acids is 1. The van der Waals surface area contributed by atoms with E-state index in [-0.39, 0.29) is 37.3 Å². The van der Waals surface area contributed by atoms with Crippen molar-refractivity contribution >= 4 is 34.6 Å². The molecule has 2 heterocycles. The number of nitrogens with zero attached hydrogens (tertiary/aromatic N) is 1. The number of aromatic hydroxyl groups is 2. The van der Waals surface area contributed by atoms with Gasteiger partial charge < -0.3 is 41.6 Å². The number of amides is 3. The van der Waals surface area contributed by atoms with Crippen LogP contribution in [0.4, 0.5) is 0 Å². The SMILES string of the molecule is NC(Cc1ccc(O)cc1)C(=O)NC(Cc1c[nH]c2ccccc12)C(=O)N1CCCC1C(=O)NC(Cc1ccc(O)cc1)C(=O)O. The van der Waals surface area contributed by atoms with Crippen LogP contribution in [0.3, 0.4) is 0 Å². The molecular weight excluding hydrogens is 590 g/mol. The molecule has 0 aliphatic carbocycles. The summed E-state index contributed by atoms with van der Waals surface area (Å²) in [5.74, 6) is -2.73. The third-order valence-electron chi connectivity index (χ3n) is 8.27. The third kappa shape index (κ3) is 7.64. The summed E-state index contributed by atoms with van der Waals surface area (Å²) in [5.41, 5.74) is 9.24. The first-order chi connectivity index (χ1) is 22.1. The van der Waals surface area contributed by atoms with Crippen LogP contribution in [0.1, 0.15) is 29.5 Å². The van der Waals surface area contributed by atoms with Gasteiger partial charge in [-0.3, -0.25) is 14.4 Å². The lowest BCUT2D eigenvalue weighted by Gasteiger charge is -2.30. The molecule has 3 amide bonds. The zero-order valence-electron chi connectivity index (χ0n) is 25.1. The van der Waals surface area contributed by atoms with Crippen LogP contribution in [0.25, 0.3) is 10.9 Å². The number of nitrogens with one attached hydrogen (secondary N) is 3. The monoisotopic (exact) mass is 627 g/mol.